The molecule has 2 aromatic heterocycles. The van der Waals surface area contributed by atoms with Gasteiger partial charge in [-0.1, -0.05) is 0 Å². The second-order valence-electron chi connectivity index (χ2n) is 8.32. The molecule has 0 aliphatic carbocycles. The molecule has 158 valence electrons. The molecule has 0 bridgehead atoms. The zero-order valence-corrected chi connectivity index (χ0v) is 17.9. The number of carbonyl (C=O) groups is 1. The van der Waals surface area contributed by atoms with Crippen LogP contribution >= 0.6 is 0 Å². The summed E-state index contributed by atoms with van der Waals surface area (Å²) in [5.41, 5.74) is 5.59. The zero-order chi connectivity index (χ0) is 21.5. The Bertz CT molecular complexity index is 1140. The van der Waals surface area contributed by atoms with Gasteiger partial charge in [0.25, 0.3) is 5.91 Å². The Morgan fingerprint density at radius 1 is 0.968 bits per heavy atom. The minimum absolute atomic E-state index is 0.0451. The highest BCUT2D eigenvalue weighted by molar-refractivity contribution is 6.02. The van der Waals surface area contributed by atoms with Crippen molar-refractivity contribution in [2.24, 2.45) is 0 Å². The summed E-state index contributed by atoms with van der Waals surface area (Å²) < 4.78 is 5.86. The lowest BCUT2D eigenvalue weighted by Gasteiger charge is -2.36. The highest BCUT2D eigenvalue weighted by Gasteiger charge is 2.26. The summed E-state index contributed by atoms with van der Waals surface area (Å²) >= 11 is 0. The summed E-state index contributed by atoms with van der Waals surface area (Å²) in [5.74, 6) is 1.60. The number of hydrogen-bond acceptors (Lipinski definition) is 6. The zero-order valence-electron chi connectivity index (χ0n) is 17.9. The smallest absolute Gasteiger partial charge is 0.251 e. The normalized spacial score (nSPS) is 20.5. The Morgan fingerprint density at radius 3 is 2.42 bits per heavy atom. The van der Waals surface area contributed by atoms with Gasteiger partial charge in [-0.05, 0) is 67.3 Å². The number of anilines is 1. The average Bonchev–Trinajstić information content (AvgIpc) is 3.14. The van der Waals surface area contributed by atoms with Crippen LogP contribution in [0.15, 0.2) is 42.9 Å². The number of aryl methyl sites for hydroxylation is 1. The van der Waals surface area contributed by atoms with Crippen molar-refractivity contribution >= 4 is 11.7 Å². The van der Waals surface area contributed by atoms with Crippen LogP contribution in [0.1, 0.15) is 35.6 Å². The van der Waals surface area contributed by atoms with E-state index in [1.807, 2.05) is 37.6 Å². The average molecular weight is 415 g/mol. The quantitative estimate of drug-likeness (QED) is 0.707. The second kappa shape index (κ2) is 7.74. The number of benzene rings is 1. The van der Waals surface area contributed by atoms with Crippen molar-refractivity contribution in [3.05, 3.63) is 59.8 Å². The fourth-order valence-corrected chi connectivity index (χ4v) is 4.42. The lowest BCUT2D eigenvalue weighted by molar-refractivity contribution is -0.00545. The minimum Gasteiger partial charge on any atom is -0.372 e. The molecule has 3 aromatic rings. The molecule has 5 rings (SSSR count). The predicted molar refractivity (Wildman–Crippen MR) is 119 cm³/mol. The lowest BCUT2D eigenvalue weighted by atomic mass is 9.93. The first kappa shape index (κ1) is 19.6. The van der Waals surface area contributed by atoms with Crippen molar-refractivity contribution < 1.29 is 9.53 Å². The number of nitrogens with zero attached hydrogens (tertiary/aromatic N) is 4. The maximum absolute atomic E-state index is 12.5. The van der Waals surface area contributed by atoms with Crippen molar-refractivity contribution in [1.29, 1.82) is 0 Å². The van der Waals surface area contributed by atoms with Crippen molar-refractivity contribution in [3.63, 3.8) is 0 Å². The third-order valence-corrected chi connectivity index (χ3v) is 5.83. The van der Waals surface area contributed by atoms with Crippen LogP contribution in [0.2, 0.25) is 0 Å². The van der Waals surface area contributed by atoms with Gasteiger partial charge in [0.2, 0.25) is 0 Å². The molecule has 7 heteroatoms. The number of rotatable bonds is 3. The molecule has 1 N–H and O–H groups in total. The Labute approximate surface area is 181 Å². The Morgan fingerprint density at radius 2 is 1.68 bits per heavy atom. The van der Waals surface area contributed by atoms with Crippen LogP contribution in [0.25, 0.3) is 22.3 Å². The fraction of sp³-hybridized carbons (Fsp3) is 0.333. The molecule has 2 aliphatic rings. The third-order valence-electron chi connectivity index (χ3n) is 5.83. The number of carbonyl (C=O) groups excluding carboxylic acids is 1. The number of fused-ring (bicyclic) bond motifs is 1. The van der Waals surface area contributed by atoms with Crippen LogP contribution < -0.4 is 10.2 Å². The molecular weight excluding hydrogens is 390 g/mol. The van der Waals surface area contributed by atoms with Gasteiger partial charge in [0, 0.05) is 49.4 Å². The highest BCUT2D eigenvalue weighted by atomic mass is 16.5. The van der Waals surface area contributed by atoms with Crippen molar-refractivity contribution in [1.82, 2.24) is 20.3 Å². The number of morpholine rings is 1. The summed E-state index contributed by atoms with van der Waals surface area (Å²) in [6.07, 6.45) is 5.78. The first-order chi connectivity index (χ1) is 15.0. The number of amides is 1. The lowest BCUT2D eigenvalue weighted by Crippen LogP contribution is -2.45. The molecule has 1 fully saturated rings. The van der Waals surface area contributed by atoms with E-state index in [4.69, 9.17) is 4.74 Å². The van der Waals surface area contributed by atoms with E-state index in [-0.39, 0.29) is 18.1 Å². The summed E-state index contributed by atoms with van der Waals surface area (Å²) in [7, 11) is 0. The second-order valence-corrected chi connectivity index (χ2v) is 8.32. The first-order valence-corrected chi connectivity index (χ1v) is 10.6. The van der Waals surface area contributed by atoms with Gasteiger partial charge in [-0.15, -0.1) is 0 Å². The molecule has 0 unspecified atom stereocenters. The molecule has 0 radical (unpaired) electrons. The largest absolute Gasteiger partial charge is 0.372 e. The van der Waals surface area contributed by atoms with Gasteiger partial charge in [0.1, 0.15) is 11.6 Å². The summed E-state index contributed by atoms with van der Waals surface area (Å²) in [6.45, 7) is 8.16. The van der Waals surface area contributed by atoms with Crippen molar-refractivity contribution in [2.75, 3.05) is 18.0 Å². The number of nitrogens with one attached hydrogen (secondary N) is 1. The number of ether oxygens (including phenoxy) is 1. The fourth-order valence-electron chi connectivity index (χ4n) is 4.42. The summed E-state index contributed by atoms with van der Waals surface area (Å²) in [4.78, 5) is 28.1. The molecule has 31 heavy (non-hydrogen) atoms. The molecule has 1 aromatic carbocycles. The van der Waals surface area contributed by atoms with E-state index in [1.54, 1.807) is 0 Å². The Balaban J connectivity index is 1.58. The standard InChI is InChI=1S/C24H25N5O2/c1-14-12-29(13-15(2)31-14)23-8-17(4-5-25-23)18-6-20(19-9-26-16(3)27-10-19)22-11-28-24(30)21(22)7-18/h4-10,14-15H,11-13H2,1-3H3,(H,28,30)/t14-,15+. The molecule has 1 saturated heterocycles. The van der Waals surface area contributed by atoms with Crippen LogP contribution in [0, 0.1) is 6.92 Å². The van der Waals surface area contributed by atoms with E-state index in [0.717, 1.165) is 52.5 Å². The van der Waals surface area contributed by atoms with Gasteiger partial charge < -0.3 is 15.0 Å². The van der Waals surface area contributed by atoms with Crippen LogP contribution in [-0.2, 0) is 11.3 Å². The highest BCUT2D eigenvalue weighted by Crippen LogP contribution is 2.35. The monoisotopic (exact) mass is 415 g/mol. The van der Waals surface area contributed by atoms with Gasteiger partial charge in [0.15, 0.2) is 0 Å². The minimum atomic E-state index is -0.0451. The van der Waals surface area contributed by atoms with Gasteiger partial charge in [-0.25, -0.2) is 15.0 Å². The summed E-state index contributed by atoms with van der Waals surface area (Å²) in [6, 6.07) is 8.17. The van der Waals surface area contributed by atoms with Gasteiger partial charge >= 0.3 is 0 Å². The van der Waals surface area contributed by atoms with E-state index >= 15 is 0 Å². The molecule has 1 amide bonds. The number of hydrogen-bond donors (Lipinski definition) is 1. The van der Waals surface area contributed by atoms with Crippen LogP contribution in [0.5, 0.6) is 0 Å². The molecule has 4 heterocycles. The number of pyridine rings is 1. The van der Waals surface area contributed by atoms with Gasteiger partial charge in [0.05, 0.1) is 12.2 Å². The van der Waals surface area contributed by atoms with E-state index in [2.05, 4.69) is 51.1 Å². The first-order valence-electron chi connectivity index (χ1n) is 10.6. The van der Waals surface area contributed by atoms with Crippen LogP contribution in [0.4, 0.5) is 5.82 Å². The van der Waals surface area contributed by atoms with Gasteiger partial charge in [-0.2, -0.15) is 0 Å². The molecule has 0 spiro atoms. The van der Waals surface area contributed by atoms with E-state index in [0.29, 0.717) is 12.1 Å². The molecule has 2 atom stereocenters. The molecule has 0 saturated carbocycles. The number of aromatic nitrogens is 3. The van der Waals surface area contributed by atoms with Gasteiger partial charge in [-0.3, -0.25) is 4.79 Å². The van der Waals surface area contributed by atoms with Crippen molar-refractivity contribution in [2.45, 2.75) is 39.5 Å². The maximum Gasteiger partial charge on any atom is 0.251 e. The molecular formula is C24H25N5O2. The van der Waals surface area contributed by atoms with E-state index in [1.165, 1.54) is 0 Å². The van der Waals surface area contributed by atoms with Crippen molar-refractivity contribution in [3.8, 4) is 22.3 Å². The van der Waals surface area contributed by atoms with Crippen LogP contribution in [0.3, 0.4) is 0 Å². The third kappa shape index (κ3) is 3.77. The predicted octanol–water partition coefficient (Wildman–Crippen LogP) is 3.37. The maximum atomic E-state index is 12.5. The topological polar surface area (TPSA) is 80.2 Å². The molecule has 7 nitrogen and oxygen atoms in total. The van der Waals surface area contributed by atoms with Crippen LogP contribution in [-0.4, -0.2) is 46.2 Å². The Hall–Kier alpha value is -3.32. The van der Waals surface area contributed by atoms with E-state index < -0.39 is 0 Å². The van der Waals surface area contributed by atoms with E-state index in [9.17, 15) is 4.79 Å². The molecule has 2 aliphatic heterocycles. The Kier molecular flexibility index (Phi) is 4.90. The SMILES string of the molecule is Cc1ncc(-c2cc(-c3ccnc(N4C[C@@H](C)O[C@@H](C)C4)c3)cc3c2CNC3=O)cn1. The summed E-state index contributed by atoms with van der Waals surface area (Å²) in [5, 5.41) is 2.94.